The number of para-hydroxylation sites is 1. The largest absolute Gasteiger partial charge is 0.493 e. The lowest BCUT2D eigenvalue weighted by atomic mass is 10.2. The second-order valence-corrected chi connectivity index (χ2v) is 4.11. The average Bonchev–Trinajstić information content (AvgIpc) is 2.72. The summed E-state index contributed by atoms with van der Waals surface area (Å²) in [6.45, 7) is 3.67. The Bertz CT molecular complexity index is 686. The van der Waals surface area contributed by atoms with Crippen LogP contribution < -0.4 is 0 Å². The first kappa shape index (κ1) is 13.8. The molecule has 2 aromatic rings. The molecular weight excluding hydrogens is 258 g/mol. The van der Waals surface area contributed by atoms with Crippen molar-refractivity contribution in [2.45, 2.75) is 13.8 Å². The maximum absolute atomic E-state index is 11.2. The number of aromatic nitrogens is 1. The number of nitrogens with zero attached hydrogens (tertiary/aromatic N) is 2. The van der Waals surface area contributed by atoms with Gasteiger partial charge in [0.2, 0.25) is 5.88 Å². The van der Waals surface area contributed by atoms with Crippen LogP contribution in [0.5, 0.6) is 5.88 Å². The number of carbonyl (C=O) groups is 1. The fraction of sp³-hybridized carbons (Fsp3) is 0.214. The average molecular weight is 273 g/mol. The van der Waals surface area contributed by atoms with Crippen molar-refractivity contribution in [3.63, 3.8) is 0 Å². The van der Waals surface area contributed by atoms with E-state index in [1.807, 2.05) is 24.3 Å². The Morgan fingerprint density at radius 2 is 2.20 bits per heavy atom. The number of fused-ring (bicyclic) bond motifs is 1. The quantitative estimate of drug-likeness (QED) is 0.508. The zero-order chi connectivity index (χ0) is 14.5. The SMILES string of the molecule is CCOC(=O)/C=C(/C)N=Nc1c(O)[nH]c2ccccc12. The highest BCUT2D eigenvalue weighted by atomic mass is 16.5. The van der Waals surface area contributed by atoms with Crippen LogP contribution in [-0.2, 0) is 9.53 Å². The molecule has 6 heteroatoms. The molecule has 0 radical (unpaired) electrons. The fourth-order valence-electron chi connectivity index (χ4n) is 1.73. The van der Waals surface area contributed by atoms with E-state index in [0.29, 0.717) is 18.0 Å². The number of ether oxygens (including phenoxy) is 1. The summed E-state index contributed by atoms with van der Waals surface area (Å²) in [5.74, 6) is -0.522. The molecule has 0 saturated heterocycles. The van der Waals surface area contributed by atoms with Gasteiger partial charge in [0.05, 0.1) is 17.8 Å². The maximum Gasteiger partial charge on any atom is 0.332 e. The summed E-state index contributed by atoms with van der Waals surface area (Å²) < 4.78 is 4.77. The highest BCUT2D eigenvalue weighted by Crippen LogP contribution is 2.35. The first-order valence-corrected chi connectivity index (χ1v) is 6.18. The van der Waals surface area contributed by atoms with Crippen LogP contribution in [0.3, 0.4) is 0 Å². The van der Waals surface area contributed by atoms with E-state index in [4.69, 9.17) is 4.74 Å². The molecule has 104 valence electrons. The Morgan fingerprint density at radius 1 is 1.45 bits per heavy atom. The Labute approximate surface area is 115 Å². The van der Waals surface area contributed by atoms with Crippen molar-refractivity contribution in [2.24, 2.45) is 10.2 Å². The summed E-state index contributed by atoms with van der Waals surface area (Å²) in [6, 6.07) is 7.35. The zero-order valence-electron chi connectivity index (χ0n) is 11.3. The smallest absolute Gasteiger partial charge is 0.332 e. The third kappa shape index (κ3) is 3.03. The summed E-state index contributed by atoms with van der Waals surface area (Å²) in [6.07, 6.45) is 1.25. The minimum Gasteiger partial charge on any atom is -0.493 e. The number of esters is 1. The van der Waals surface area contributed by atoms with Gasteiger partial charge in [-0.2, -0.15) is 5.11 Å². The molecule has 6 nitrogen and oxygen atoms in total. The van der Waals surface area contributed by atoms with Crippen molar-refractivity contribution in [1.29, 1.82) is 0 Å². The van der Waals surface area contributed by atoms with Gasteiger partial charge in [-0.25, -0.2) is 4.79 Å². The lowest BCUT2D eigenvalue weighted by molar-refractivity contribution is -0.137. The zero-order valence-corrected chi connectivity index (χ0v) is 11.3. The maximum atomic E-state index is 11.2. The first-order valence-electron chi connectivity index (χ1n) is 6.18. The molecule has 0 atom stereocenters. The molecule has 0 saturated carbocycles. The molecule has 20 heavy (non-hydrogen) atoms. The van der Waals surface area contributed by atoms with Crippen LogP contribution in [0.4, 0.5) is 5.69 Å². The van der Waals surface area contributed by atoms with Crippen LogP contribution in [-0.4, -0.2) is 22.7 Å². The Kier molecular flexibility index (Phi) is 4.14. The number of benzene rings is 1. The third-order valence-corrected chi connectivity index (χ3v) is 2.58. The molecule has 0 unspecified atom stereocenters. The number of aromatic amines is 1. The van der Waals surface area contributed by atoms with E-state index in [-0.39, 0.29) is 5.88 Å². The van der Waals surface area contributed by atoms with Gasteiger partial charge in [-0.15, -0.1) is 5.11 Å². The molecule has 0 aliphatic rings. The number of carbonyl (C=O) groups excluding carboxylic acids is 1. The second kappa shape index (κ2) is 6.01. The molecule has 1 aromatic heterocycles. The molecule has 0 amide bonds. The van der Waals surface area contributed by atoms with Crippen molar-refractivity contribution in [3.8, 4) is 5.88 Å². The molecule has 0 aliphatic carbocycles. The Morgan fingerprint density at radius 3 is 2.95 bits per heavy atom. The minimum atomic E-state index is -0.466. The van der Waals surface area contributed by atoms with Crippen molar-refractivity contribution in [3.05, 3.63) is 36.0 Å². The third-order valence-electron chi connectivity index (χ3n) is 2.58. The van der Waals surface area contributed by atoms with Gasteiger partial charge in [0.15, 0.2) is 5.69 Å². The number of rotatable bonds is 4. The number of nitrogens with one attached hydrogen (secondary N) is 1. The molecule has 0 aliphatic heterocycles. The van der Waals surface area contributed by atoms with E-state index in [0.717, 1.165) is 10.9 Å². The number of allylic oxidation sites excluding steroid dienone is 1. The first-order chi connectivity index (χ1) is 9.61. The number of hydrogen-bond donors (Lipinski definition) is 2. The Balaban J connectivity index is 2.25. The number of aromatic hydroxyl groups is 1. The van der Waals surface area contributed by atoms with E-state index in [1.165, 1.54) is 6.08 Å². The van der Waals surface area contributed by atoms with Crippen LogP contribution in [0.25, 0.3) is 10.9 Å². The van der Waals surface area contributed by atoms with E-state index in [1.54, 1.807) is 13.8 Å². The normalized spacial score (nSPS) is 12.2. The monoisotopic (exact) mass is 273 g/mol. The van der Waals surface area contributed by atoms with Crippen molar-refractivity contribution >= 4 is 22.6 Å². The molecule has 0 fully saturated rings. The topological polar surface area (TPSA) is 87.0 Å². The van der Waals surface area contributed by atoms with Crippen LogP contribution in [0.2, 0.25) is 0 Å². The van der Waals surface area contributed by atoms with Gasteiger partial charge in [-0.1, -0.05) is 18.2 Å². The number of H-pyrrole nitrogens is 1. The van der Waals surface area contributed by atoms with E-state index in [2.05, 4.69) is 15.2 Å². The van der Waals surface area contributed by atoms with Crippen molar-refractivity contribution < 1.29 is 14.6 Å². The van der Waals surface area contributed by atoms with Gasteiger partial charge in [-0.05, 0) is 19.9 Å². The predicted molar refractivity (Wildman–Crippen MR) is 74.9 cm³/mol. The Hall–Kier alpha value is -2.63. The van der Waals surface area contributed by atoms with Gasteiger partial charge in [0.1, 0.15) is 0 Å². The molecule has 1 aromatic carbocycles. The molecule has 2 N–H and O–H groups in total. The van der Waals surface area contributed by atoms with Gasteiger partial charge in [-0.3, -0.25) is 0 Å². The molecule has 2 rings (SSSR count). The molecule has 1 heterocycles. The fourth-order valence-corrected chi connectivity index (χ4v) is 1.73. The highest BCUT2D eigenvalue weighted by molar-refractivity contribution is 5.94. The summed E-state index contributed by atoms with van der Waals surface area (Å²) in [5, 5.41) is 18.4. The summed E-state index contributed by atoms with van der Waals surface area (Å²) in [4.78, 5) is 14.0. The van der Waals surface area contributed by atoms with Gasteiger partial charge < -0.3 is 14.8 Å². The molecule has 0 bridgehead atoms. The van der Waals surface area contributed by atoms with E-state index in [9.17, 15) is 9.90 Å². The van der Waals surface area contributed by atoms with Gasteiger partial charge in [0, 0.05) is 11.5 Å². The van der Waals surface area contributed by atoms with Gasteiger partial charge >= 0.3 is 5.97 Å². The van der Waals surface area contributed by atoms with E-state index >= 15 is 0 Å². The lowest BCUT2D eigenvalue weighted by Gasteiger charge is -1.95. The number of hydrogen-bond acceptors (Lipinski definition) is 5. The highest BCUT2D eigenvalue weighted by Gasteiger charge is 2.09. The predicted octanol–water partition coefficient (Wildman–Crippen LogP) is 3.42. The van der Waals surface area contributed by atoms with Crippen molar-refractivity contribution in [2.75, 3.05) is 6.61 Å². The van der Waals surface area contributed by atoms with Gasteiger partial charge in [0.25, 0.3) is 0 Å². The molecular formula is C14H15N3O3. The summed E-state index contributed by atoms with van der Waals surface area (Å²) >= 11 is 0. The van der Waals surface area contributed by atoms with Crippen LogP contribution in [0.15, 0.2) is 46.3 Å². The van der Waals surface area contributed by atoms with Crippen LogP contribution >= 0.6 is 0 Å². The second-order valence-electron chi connectivity index (χ2n) is 4.11. The summed E-state index contributed by atoms with van der Waals surface area (Å²) in [7, 11) is 0. The van der Waals surface area contributed by atoms with E-state index < -0.39 is 5.97 Å². The van der Waals surface area contributed by atoms with Crippen molar-refractivity contribution in [1.82, 2.24) is 4.98 Å². The summed E-state index contributed by atoms with van der Waals surface area (Å²) in [5.41, 5.74) is 1.51. The minimum absolute atomic E-state index is 0.0566. The van der Waals surface area contributed by atoms with Crippen LogP contribution in [0.1, 0.15) is 13.8 Å². The number of azo groups is 1. The van der Waals surface area contributed by atoms with Crippen LogP contribution in [0, 0.1) is 0 Å². The molecule has 0 spiro atoms. The standard InChI is InChI=1S/C14H15N3O3/c1-3-20-12(18)8-9(2)16-17-13-10-6-4-5-7-11(10)15-14(13)19/h4-8,15,19H,3H2,1-2H3/b9-8-,17-16?. The lowest BCUT2D eigenvalue weighted by Crippen LogP contribution is -1.99.